The van der Waals surface area contributed by atoms with Gasteiger partial charge in [0.25, 0.3) is 0 Å². The van der Waals surface area contributed by atoms with Crippen molar-refractivity contribution >= 4 is 21.8 Å². The molecule has 0 atom stereocenters. The minimum Gasteiger partial charge on any atom is -0.412 e. The number of aromatic nitrogens is 6. The summed E-state index contributed by atoms with van der Waals surface area (Å²) in [7, 11) is 0. The second kappa shape index (κ2) is 5.69. The lowest BCUT2D eigenvalue weighted by Gasteiger charge is -1.79. The van der Waals surface area contributed by atoms with Crippen molar-refractivity contribution in [2.45, 2.75) is 0 Å². The molecule has 0 spiro atoms. The van der Waals surface area contributed by atoms with Crippen LogP contribution in [0.2, 0.25) is 0 Å². The number of hydrogen-bond donors (Lipinski definition) is 2. The quantitative estimate of drug-likeness (QED) is 0.490. The summed E-state index contributed by atoms with van der Waals surface area (Å²) in [5.74, 6) is 0. The van der Waals surface area contributed by atoms with Gasteiger partial charge in [0.15, 0.2) is 0 Å². The minimum atomic E-state index is 0. The predicted octanol–water partition coefficient (Wildman–Crippen LogP) is 1.09. The number of fused-ring (bicyclic) bond motifs is 2. The summed E-state index contributed by atoms with van der Waals surface area (Å²) in [6.45, 7) is 0. The highest BCUT2D eigenvalue weighted by atomic mass is 16.0. The van der Waals surface area contributed by atoms with Gasteiger partial charge in [-0.2, -0.15) is 10.2 Å². The Labute approximate surface area is 108 Å². The van der Waals surface area contributed by atoms with Crippen LogP contribution in [0.25, 0.3) is 21.8 Å². The maximum absolute atomic E-state index is 3.95. The van der Waals surface area contributed by atoms with Crippen molar-refractivity contribution < 1.29 is 5.48 Å². The average molecular weight is 256 g/mol. The van der Waals surface area contributed by atoms with E-state index in [0.29, 0.717) is 0 Å². The summed E-state index contributed by atoms with van der Waals surface area (Å²) < 4.78 is 0. The first-order valence-electron chi connectivity index (χ1n) is 5.40. The molecule has 0 aromatic carbocycles. The Hall–Kier alpha value is -2.80. The van der Waals surface area contributed by atoms with Crippen LogP contribution in [0, 0.1) is 0 Å². The molecule has 0 radical (unpaired) electrons. The second-order valence-corrected chi connectivity index (χ2v) is 3.64. The van der Waals surface area contributed by atoms with Gasteiger partial charge in [-0.1, -0.05) is 0 Å². The Kier molecular flexibility index (Phi) is 3.79. The number of pyridine rings is 2. The van der Waals surface area contributed by atoms with Crippen molar-refractivity contribution in [2.75, 3.05) is 0 Å². The monoisotopic (exact) mass is 256 g/mol. The van der Waals surface area contributed by atoms with Crippen LogP contribution in [-0.4, -0.2) is 35.8 Å². The summed E-state index contributed by atoms with van der Waals surface area (Å²) >= 11 is 0. The molecule has 0 bridgehead atoms. The lowest BCUT2D eigenvalue weighted by Crippen LogP contribution is -1.68. The van der Waals surface area contributed by atoms with Crippen LogP contribution >= 0.6 is 0 Å². The van der Waals surface area contributed by atoms with Crippen LogP contribution in [0.1, 0.15) is 0 Å². The van der Waals surface area contributed by atoms with Crippen LogP contribution in [0.4, 0.5) is 0 Å². The topological polar surface area (TPSA) is 115 Å². The molecule has 0 fully saturated rings. The van der Waals surface area contributed by atoms with Gasteiger partial charge in [-0.05, 0) is 12.1 Å². The van der Waals surface area contributed by atoms with E-state index < -0.39 is 0 Å². The van der Waals surface area contributed by atoms with Gasteiger partial charge in [0, 0.05) is 48.0 Å². The van der Waals surface area contributed by atoms with Gasteiger partial charge in [-0.15, -0.1) is 0 Å². The number of rotatable bonds is 0. The zero-order valence-corrected chi connectivity index (χ0v) is 9.91. The van der Waals surface area contributed by atoms with Crippen LogP contribution in [0.15, 0.2) is 49.3 Å². The first-order valence-corrected chi connectivity index (χ1v) is 5.40. The fourth-order valence-corrected chi connectivity index (χ4v) is 1.57. The van der Waals surface area contributed by atoms with E-state index in [4.69, 9.17) is 0 Å². The molecule has 0 saturated heterocycles. The third-order valence-electron chi connectivity index (χ3n) is 2.47. The fourth-order valence-electron chi connectivity index (χ4n) is 1.57. The van der Waals surface area contributed by atoms with E-state index in [2.05, 4.69) is 30.4 Å². The van der Waals surface area contributed by atoms with E-state index in [-0.39, 0.29) is 5.48 Å². The van der Waals surface area contributed by atoms with Crippen molar-refractivity contribution in [2.24, 2.45) is 0 Å². The zero-order chi connectivity index (χ0) is 12.2. The van der Waals surface area contributed by atoms with Crippen molar-refractivity contribution in [1.29, 1.82) is 0 Å². The van der Waals surface area contributed by atoms with Crippen molar-refractivity contribution in [1.82, 2.24) is 30.4 Å². The van der Waals surface area contributed by atoms with E-state index in [1.165, 1.54) is 0 Å². The van der Waals surface area contributed by atoms with Gasteiger partial charge in [-0.3, -0.25) is 20.2 Å². The summed E-state index contributed by atoms with van der Waals surface area (Å²) in [6.07, 6.45) is 10.6. The third-order valence-corrected chi connectivity index (χ3v) is 2.47. The Morgan fingerprint density at radius 1 is 0.737 bits per heavy atom. The van der Waals surface area contributed by atoms with Crippen LogP contribution in [0.3, 0.4) is 0 Å². The Morgan fingerprint density at radius 3 is 1.63 bits per heavy atom. The maximum Gasteiger partial charge on any atom is 0.0951 e. The molecule has 0 aliphatic carbocycles. The van der Waals surface area contributed by atoms with Crippen molar-refractivity contribution in [3.8, 4) is 0 Å². The fraction of sp³-hybridized carbons (Fsp3) is 0. The highest BCUT2D eigenvalue weighted by Crippen LogP contribution is 2.05. The smallest absolute Gasteiger partial charge is 0.0951 e. The van der Waals surface area contributed by atoms with Gasteiger partial charge >= 0.3 is 0 Å². The normalized spacial score (nSPS) is 9.68. The first kappa shape index (κ1) is 12.7. The Balaban J connectivity index is 0.000000133. The lowest BCUT2D eigenvalue weighted by molar-refractivity contribution is 0.824. The molecule has 4 heterocycles. The van der Waals surface area contributed by atoms with Crippen LogP contribution in [0.5, 0.6) is 0 Å². The van der Waals surface area contributed by atoms with Gasteiger partial charge < -0.3 is 5.48 Å². The molecule has 96 valence electrons. The molecule has 19 heavy (non-hydrogen) atoms. The summed E-state index contributed by atoms with van der Waals surface area (Å²) in [5, 5.41) is 15.5. The van der Waals surface area contributed by atoms with E-state index in [1.54, 1.807) is 24.8 Å². The van der Waals surface area contributed by atoms with E-state index in [1.807, 2.05) is 24.5 Å². The summed E-state index contributed by atoms with van der Waals surface area (Å²) in [4.78, 5) is 7.85. The second-order valence-electron chi connectivity index (χ2n) is 3.64. The summed E-state index contributed by atoms with van der Waals surface area (Å²) in [6, 6.07) is 3.73. The molecule has 0 unspecified atom stereocenters. The molecule has 0 saturated carbocycles. The minimum absolute atomic E-state index is 0. The van der Waals surface area contributed by atoms with Crippen LogP contribution < -0.4 is 0 Å². The number of nitrogens with zero attached hydrogens (tertiary/aromatic N) is 4. The lowest BCUT2D eigenvalue weighted by atomic mass is 10.3. The van der Waals surface area contributed by atoms with Crippen molar-refractivity contribution in [3.63, 3.8) is 0 Å². The van der Waals surface area contributed by atoms with Gasteiger partial charge in [-0.25, -0.2) is 0 Å². The first-order chi connectivity index (χ1) is 8.93. The number of aromatic amines is 2. The molecule has 7 heteroatoms. The van der Waals surface area contributed by atoms with E-state index >= 15 is 0 Å². The highest BCUT2D eigenvalue weighted by Gasteiger charge is 1.90. The maximum atomic E-state index is 3.95. The third kappa shape index (κ3) is 2.72. The van der Waals surface area contributed by atoms with Gasteiger partial charge in [0.1, 0.15) is 0 Å². The number of hydrogen-bond acceptors (Lipinski definition) is 4. The molecule has 0 aliphatic heterocycles. The van der Waals surface area contributed by atoms with E-state index in [9.17, 15) is 0 Å². The standard InChI is InChI=1S/2C6H5N3.H2O/c2*1-2-7-3-5-4-8-9-6(1)5;/h2*1-4H,(H,8,9);1H2. The molecule has 0 aliphatic rings. The number of nitrogens with one attached hydrogen (secondary N) is 2. The molecule has 0 amide bonds. The molecule has 7 nitrogen and oxygen atoms in total. The van der Waals surface area contributed by atoms with Gasteiger partial charge in [0.05, 0.1) is 11.0 Å². The molecule has 4 aromatic heterocycles. The number of H-pyrrole nitrogens is 2. The zero-order valence-electron chi connectivity index (χ0n) is 9.91. The predicted molar refractivity (Wildman–Crippen MR) is 71.4 cm³/mol. The molecule has 4 rings (SSSR count). The van der Waals surface area contributed by atoms with E-state index in [0.717, 1.165) is 21.8 Å². The van der Waals surface area contributed by atoms with Gasteiger partial charge in [0.2, 0.25) is 0 Å². The molecule has 4 aromatic rings. The molecular weight excluding hydrogens is 244 g/mol. The Bertz CT molecular complexity index is 636. The highest BCUT2D eigenvalue weighted by molar-refractivity contribution is 5.76. The SMILES string of the molecule is O.c1cc2n[nH]cc2cn1.c1cc2n[nH]cc2cn1. The van der Waals surface area contributed by atoms with Crippen LogP contribution in [-0.2, 0) is 0 Å². The van der Waals surface area contributed by atoms with Crippen molar-refractivity contribution in [3.05, 3.63) is 49.3 Å². The summed E-state index contributed by atoms with van der Waals surface area (Å²) in [5.41, 5.74) is 1.93. The molecule has 4 N–H and O–H groups in total. The molecular formula is C12H12N6O. The average Bonchev–Trinajstić information content (AvgIpc) is 3.08. The Morgan fingerprint density at radius 2 is 1.21 bits per heavy atom. The largest absolute Gasteiger partial charge is 0.412 e.